The standard InChI is InChI=1S/C26H28N2O2/c1-30-23-8-5-7-19(16-23)25-17-20-6-3-2-4-9-24(20)28(25)22-14-10-18(11-15-22)26(29)27-21-12-13-21/h5,7-8,10-11,14-17,21H,2-4,6,9,12-13H2,1H3,(H,27,29). The molecule has 0 aliphatic heterocycles. The van der Waals surface area contributed by atoms with Crippen LogP contribution in [-0.2, 0) is 12.8 Å². The SMILES string of the molecule is COc1cccc(-c2cc3c(n2-c2ccc(C(=O)NC4CC4)cc2)CCCCC3)c1. The van der Waals surface area contributed by atoms with Gasteiger partial charge in [-0.15, -0.1) is 0 Å². The predicted octanol–water partition coefficient (Wildman–Crippen LogP) is 5.31. The number of nitrogens with one attached hydrogen (secondary N) is 1. The first-order valence-corrected chi connectivity index (χ1v) is 11.0. The summed E-state index contributed by atoms with van der Waals surface area (Å²) in [6.07, 6.45) is 8.16. The van der Waals surface area contributed by atoms with E-state index in [0.717, 1.165) is 48.2 Å². The molecule has 1 aromatic heterocycles. The minimum absolute atomic E-state index is 0.0309. The van der Waals surface area contributed by atoms with Crippen molar-refractivity contribution in [2.45, 2.75) is 51.0 Å². The number of hydrogen-bond donors (Lipinski definition) is 1. The van der Waals surface area contributed by atoms with E-state index in [1.165, 1.54) is 36.2 Å². The highest BCUT2D eigenvalue weighted by Gasteiger charge is 2.24. The van der Waals surface area contributed by atoms with E-state index in [-0.39, 0.29) is 5.91 Å². The minimum Gasteiger partial charge on any atom is -0.497 e. The zero-order valence-corrected chi connectivity index (χ0v) is 17.5. The molecule has 1 fully saturated rings. The second kappa shape index (κ2) is 8.02. The van der Waals surface area contributed by atoms with Crippen LogP contribution in [0.15, 0.2) is 54.6 Å². The normalized spacial score (nSPS) is 15.9. The van der Waals surface area contributed by atoms with Gasteiger partial charge in [0.2, 0.25) is 0 Å². The Kier molecular flexibility index (Phi) is 5.07. The smallest absolute Gasteiger partial charge is 0.251 e. The summed E-state index contributed by atoms with van der Waals surface area (Å²) in [7, 11) is 1.71. The number of carbonyl (C=O) groups excluding carboxylic acids is 1. The third-order valence-corrected chi connectivity index (χ3v) is 6.22. The van der Waals surface area contributed by atoms with Crippen molar-refractivity contribution < 1.29 is 9.53 Å². The number of methoxy groups -OCH3 is 1. The van der Waals surface area contributed by atoms with Crippen LogP contribution in [-0.4, -0.2) is 23.6 Å². The van der Waals surface area contributed by atoms with Crippen LogP contribution < -0.4 is 10.1 Å². The average molecular weight is 401 g/mol. The fourth-order valence-electron chi connectivity index (χ4n) is 4.42. The maximum Gasteiger partial charge on any atom is 0.251 e. The monoisotopic (exact) mass is 400 g/mol. The molecule has 4 heteroatoms. The first-order valence-electron chi connectivity index (χ1n) is 11.0. The summed E-state index contributed by atoms with van der Waals surface area (Å²) in [6.45, 7) is 0. The molecule has 4 nitrogen and oxygen atoms in total. The molecule has 154 valence electrons. The van der Waals surface area contributed by atoms with Gasteiger partial charge in [-0.3, -0.25) is 4.79 Å². The van der Waals surface area contributed by atoms with E-state index in [2.05, 4.69) is 40.2 Å². The molecule has 2 aliphatic carbocycles. The van der Waals surface area contributed by atoms with Crippen molar-refractivity contribution in [3.8, 4) is 22.7 Å². The fraction of sp³-hybridized carbons (Fsp3) is 0.346. The van der Waals surface area contributed by atoms with E-state index in [0.29, 0.717) is 6.04 Å². The molecular weight excluding hydrogens is 372 g/mol. The Morgan fingerprint density at radius 3 is 2.57 bits per heavy atom. The lowest BCUT2D eigenvalue weighted by molar-refractivity contribution is 0.0951. The topological polar surface area (TPSA) is 43.3 Å². The zero-order valence-electron chi connectivity index (χ0n) is 17.5. The van der Waals surface area contributed by atoms with Gasteiger partial charge >= 0.3 is 0 Å². The zero-order chi connectivity index (χ0) is 20.5. The Balaban J connectivity index is 1.57. The van der Waals surface area contributed by atoms with Gasteiger partial charge in [0.15, 0.2) is 0 Å². The Hall–Kier alpha value is -3.01. The van der Waals surface area contributed by atoms with Gasteiger partial charge in [-0.1, -0.05) is 18.6 Å². The number of carbonyl (C=O) groups is 1. The Morgan fingerprint density at radius 1 is 1.00 bits per heavy atom. The summed E-state index contributed by atoms with van der Waals surface area (Å²) in [4.78, 5) is 12.4. The maximum atomic E-state index is 12.4. The van der Waals surface area contributed by atoms with Gasteiger partial charge in [0.1, 0.15) is 5.75 Å². The van der Waals surface area contributed by atoms with Crippen molar-refractivity contribution in [3.05, 3.63) is 71.4 Å². The van der Waals surface area contributed by atoms with Gasteiger partial charge in [-0.2, -0.15) is 0 Å². The number of benzene rings is 2. The maximum absolute atomic E-state index is 12.4. The van der Waals surface area contributed by atoms with Crippen molar-refractivity contribution in [1.29, 1.82) is 0 Å². The second-order valence-corrected chi connectivity index (χ2v) is 8.42. The molecule has 0 atom stereocenters. The number of aromatic nitrogens is 1. The van der Waals surface area contributed by atoms with E-state index in [9.17, 15) is 4.79 Å². The number of aryl methyl sites for hydroxylation is 1. The van der Waals surface area contributed by atoms with E-state index < -0.39 is 0 Å². The third-order valence-electron chi connectivity index (χ3n) is 6.22. The molecule has 0 bridgehead atoms. The van der Waals surface area contributed by atoms with Gasteiger partial charge in [0, 0.05) is 28.6 Å². The Labute approximate surface area is 177 Å². The van der Waals surface area contributed by atoms with Gasteiger partial charge in [0.05, 0.1) is 12.8 Å². The summed E-state index contributed by atoms with van der Waals surface area (Å²) < 4.78 is 7.86. The fourth-order valence-corrected chi connectivity index (χ4v) is 4.42. The van der Waals surface area contributed by atoms with Crippen molar-refractivity contribution in [1.82, 2.24) is 9.88 Å². The van der Waals surface area contributed by atoms with Crippen molar-refractivity contribution >= 4 is 5.91 Å². The number of hydrogen-bond acceptors (Lipinski definition) is 2. The van der Waals surface area contributed by atoms with Gasteiger partial charge in [0.25, 0.3) is 5.91 Å². The average Bonchev–Trinajstić information content (AvgIpc) is 3.57. The van der Waals surface area contributed by atoms with Crippen LogP contribution in [0, 0.1) is 0 Å². The van der Waals surface area contributed by atoms with Crippen molar-refractivity contribution in [3.63, 3.8) is 0 Å². The van der Waals surface area contributed by atoms with Crippen LogP contribution in [0.25, 0.3) is 16.9 Å². The highest BCUT2D eigenvalue weighted by molar-refractivity contribution is 5.94. The van der Waals surface area contributed by atoms with Crippen LogP contribution in [0.5, 0.6) is 5.75 Å². The molecule has 0 radical (unpaired) electrons. The predicted molar refractivity (Wildman–Crippen MR) is 120 cm³/mol. The molecule has 3 aromatic rings. The molecule has 0 saturated heterocycles. The number of rotatable bonds is 5. The lowest BCUT2D eigenvalue weighted by Crippen LogP contribution is -2.25. The van der Waals surface area contributed by atoms with E-state index in [1.807, 2.05) is 24.3 Å². The summed E-state index contributed by atoms with van der Waals surface area (Å²) in [6, 6.07) is 19.1. The Morgan fingerprint density at radius 2 is 1.80 bits per heavy atom. The quantitative estimate of drug-likeness (QED) is 0.590. The van der Waals surface area contributed by atoms with E-state index in [4.69, 9.17) is 4.74 Å². The van der Waals surface area contributed by atoms with Crippen LogP contribution >= 0.6 is 0 Å². The highest BCUT2D eigenvalue weighted by atomic mass is 16.5. The number of amides is 1. The lowest BCUT2D eigenvalue weighted by atomic mass is 10.1. The molecule has 2 aromatic carbocycles. The first kappa shape index (κ1) is 19.0. The molecule has 1 N–H and O–H groups in total. The molecule has 0 unspecified atom stereocenters. The van der Waals surface area contributed by atoms with Gasteiger partial charge in [-0.05, 0) is 86.6 Å². The van der Waals surface area contributed by atoms with Crippen molar-refractivity contribution in [2.75, 3.05) is 7.11 Å². The third kappa shape index (κ3) is 3.74. The molecule has 0 spiro atoms. The number of fused-ring (bicyclic) bond motifs is 1. The van der Waals surface area contributed by atoms with E-state index in [1.54, 1.807) is 7.11 Å². The van der Waals surface area contributed by atoms with Crippen LogP contribution in [0.3, 0.4) is 0 Å². The summed E-state index contributed by atoms with van der Waals surface area (Å²) >= 11 is 0. The largest absolute Gasteiger partial charge is 0.497 e. The number of ether oxygens (including phenoxy) is 1. The number of nitrogens with zero attached hydrogens (tertiary/aromatic N) is 1. The molecular formula is C26H28N2O2. The van der Waals surface area contributed by atoms with Gasteiger partial charge < -0.3 is 14.6 Å². The summed E-state index contributed by atoms with van der Waals surface area (Å²) in [5, 5.41) is 3.07. The molecule has 1 heterocycles. The lowest BCUT2D eigenvalue weighted by Gasteiger charge is -2.15. The first-order chi connectivity index (χ1) is 14.7. The molecule has 30 heavy (non-hydrogen) atoms. The second-order valence-electron chi connectivity index (χ2n) is 8.42. The van der Waals surface area contributed by atoms with Crippen LogP contribution in [0.2, 0.25) is 0 Å². The minimum atomic E-state index is 0.0309. The van der Waals surface area contributed by atoms with E-state index >= 15 is 0 Å². The molecule has 1 saturated carbocycles. The summed E-state index contributed by atoms with van der Waals surface area (Å²) in [5.74, 6) is 0.894. The molecule has 5 rings (SSSR count). The van der Waals surface area contributed by atoms with Crippen LogP contribution in [0.1, 0.15) is 53.7 Å². The molecule has 2 aliphatic rings. The van der Waals surface area contributed by atoms with Gasteiger partial charge in [-0.25, -0.2) is 0 Å². The Bertz CT molecular complexity index is 1060. The summed E-state index contributed by atoms with van der Waals surface area (Å²) in [5.41, 5.74) is 7.03. The molecule has 1 amide bonds. The van der Waals surface area contributed by atoms with Crippen molar-refractivity contribution in [2.24, 2.45) is 0 Å². The highest BCUT2D eigenvalue weighted by Crippen LogP contribution is 2.34. The van der Waals surface area contributed by atoms with Crippen LogP contribution in [0.4, 0.5) is 0 Å².